The summed E-state index contributed by atoms with van der Waals surface area (Å²) in [5.74, 6) is 1.55. The van der Waals surface area contributed by atoms with Crippen molar-refractivity contribution in [3.8, 4) is 0 Å². The molecular weight excluding hydrogens is 342 g/mol. The number of benzene rings is 1. The number of ether oxygens (including phenoxy) is 1. The summed E-state index contributed by atoms with van der Waals surface area (Å²) in [6.45, 7) is 3.05. The van der Waals surface area contributed by atoms with E-state index in [0.29, 0.717) is 32.2 Å². The second kappa shape index (κ2) is 7.52. The van der Waals surface area contributed by atoms with Gasteiger partial charge in [0, 0.05) is 39.9 Å². The van der Waals surface area contributed by atoms with Crippen LogP contribution in [0.1, 0.15) is 11.1 Å². The SMILES string of the molecule is CN(C)c1ccnc(N2CCOC(C(=O)N3CCc4ccccc4C3)C2)n1. The van der Waals surface area contributed by atoms with Gasteiger partial charge in [0.15, 0.2) is 6.10 Å². The highest BCUT2D eigenvalue weighted by atomic mass is 16.5. The van der Waals surface area contributed by atoms with Crippen LogP contribution in [0.3, 0.4) is 0 Å². The van der Waals surface area contributed by atoms with Crippen LogP contribution in [-0.2, 0) is 22.5 Å². The predicted molar refractivity (Wildman–Crippen MR) is 104 cm³/mol. The van der Waals surface area contributed by atoms with Gasteiger partial charge in [0.25, 0.3) is 5.91 Å². The van der Waals surface area contributed by atoms with E-state index in [9.17, 15) is 4.79 Å². The van der Waals surface area contributed by atoms with E-state index < -0.39 is 6.10 Å². The van der Waals surface area contributed by atoms with E-state index >= 15 is 0 Å². The fourth-order valence-corrected chi connectivity index (χ4v) is 3.61. The monoisotopic (exact) mass is 367 g/mol. The lowest BCUT2D eigenvalue weighted by molar-refractivity contribution is -0.145. The van der Waals surface area contributed by atoms with Gasteiger partial charge in [0.2, 0.25) is 5.95 Å². The van der Waals surface area contributed by atoms with Gasteiger partial charge in [-0.05, 0) is 23.6 Å². The van der Waals surface area contributed by atoms with Crippen molar-refractivity contribution in [2.75, 3.05) is 50.1 Å². The summed E-state index contributed by atoms with van der Waals surface area (Å²) in [7, 11) is 3.90. The Bertz CT molecular complexity index is 826. The lowest BCUT2D eigenvalue weighted by Gasteiger charge is -2.36. The van der Waals surface area contributed by atoms with Gasteiger partial charge >= 0.3 is 0 Å². The van der Waals surface area contributed by atoms with Gasteiger partial charge in [-0.2, -0.15) is 4.98 Å². The van der Waals surface area contributed by atoms with Gasteiger partial charge in [0.05, 0.1) is 13.2 Å². The molecule has 0 saturated carbocycles. The fraction of sp³-hybridized carbons (Fsp3) is 0.450. The Morgan fingerprint density at radius 3 is 2.81 bits per heavy atom. The highest BCUT2D eigenvalue weighted by Crippen LogP contribution is 2.22. The largest absolute Gasteiger partial charge is 0.365 e. The molecule has 4 rings (SSSR count). The highest BCUT2D eigenvalue weighted by molar-refractivity contribution is 5.82. The van der Waals surface area contributed by atoms with Crippen molar-refractivity contribution in [1.29, 1.82) is 0 Å². The number of rotatable bonds is 3. The molecule has 27 heavy (non-hydrogen) atoms. The molecule has 0 radical (unpaired) electrons. The van der Waals surface area contributed by atoms with Gasteiger partial charge in [-0.3, -0.25) is 4.79 Å². The number of carbonyl (C=O) groups excluding carboxylic acids is 1. The zero-order chi connectivity index (χ0) is 18.8. The minimum absolute atomic E-state index is 0.0537. The van der Waals surface area contributed by atoms with Crippen molar-refractivity contribution < 1.29 is 9.53 Å². The van der Waals surface area contributed by atoms with Gasteiger partial charge in [0.1, 0.15) is 5.82 Å². The molecule has 1 unspecified atom stereocenters. The van der Waals surface area contributed by atoms with Crippen LogP contribution in [0.5, 0.6) is 0 Å². The highest BCUT2D eigenvalue weighted by Gasteiger charge is 2.32. The van der Waals surface area contributed by atoms with Gasteiger partial charge in [-0.1, -0.05) is 24.3 Å². The number of anilines is 2. The molecule has 0 aliphatic carbocycles. The number of morpholine rings is 1. The normalized spacial score (nSPS) is 19.6. The second-order valence-corrected chi connectivity index (χ2v) is 7.19. The molecule has 1 amide bonds. The van der Waals surface area contributed by atoms with Crippen molar-refractivity contribution in [2.45, 2.75) is 19.1 Å². The van der Waals surface area contributed by atoms with E-state index in [1.54, 1.807) is 6.20 Å². The van der Waals surface area contributed by atoms with Crippen molar-refractivity contribution in [3.63, 3.8) is 0 Å². The minimum Gasteiger partial charge on any atom is -0.365 e. The van der Waals surface area contributed by atoms with Crippen LogP contribution in [0.15, 0.2) is 36.5 Å². The summed E-state index contributed by atoms with van der Waals surface area (Å²) in [6.07, 6.45) is 2.17. The van der Waals surface area contributed by atoms with E-state index in [1.807, 2.05) is 40.9 Å². The fourth-order valence-electron chi connectivity index (χ4n) is 3.61. The maximum atomic E-state index is 13.0. The average Bonchev–Trinajstić information content (AvgIpc) is 2.73. The molecule has 0 bridgehead atoms. The smallest absolute Gasteiger partial charge is 0.253 e. The Balaban J connectivity index is 1.45. The van der Waals surface area contributed by atoms with E-state index in [4.69, 9.17) is 4.74 Å². The van der Waals surface area contributed by atoms with Gasteiger partial charge in [-0.15, -0.1) is 0 Å². The molecule has 1 aromatic heterocycles. The molecule has 3 heterocycles. The Labute approximate surface area is 159 Å². The van der Waals surface area contributed by atoms with Crippen LogP contribution in [0, 0.1) is 0 Å². The van der Waals surface area contributed by atoms with E-state index in [-0.39, 0.29) is 5.91 Å². The summed E-state index contributed by atoms with van der Waals surface area (Å²) in [5.41, 5.74) is 2.56. The molecule has 1 saturated heterocycles. The third-order valence-electron chi connectivity index (χ3n) is 5.15. The molecular formula is C20H25N5O2. The first-order valence-electron chi connectivity index (χ1n) is 9.34. The standard InChI is InChI=1S/C20H25N5O2/c1-23(2)18-7-9-21-20(22-18)25-11-12-27-17(14-25)19(26)24-10-8-15-5-3-4-6-16(15)13-24/h3-7,9,17H,8,10-14H2,1-2H3. The number of hydrogen-bond donors (Lipinski definition) is 0. The van der Waals surface area contributed by atoms with E-state index in [1.165, 1.54) is 11.1 Å². The number of hydrogen-bond acceptors (Lipinski definition) is 6. The summed E-state index contributed by atoms with van der Waals surface area (Å²) in [5, 5.41) is 0. The second-order valence-electron chi connectivity index (χ2n) is 7.19. The maximum Gasteiger partial charge on any atom is 0.253 e. The van der Waals surface area contributed by atoms with Crippen LogP contribution in [0.4, 0.5) is 11.8 Å². The van der Waals surface area contributed by atoms with E-state index in [0.717, 1.165) is 18.8 Å². The topological polar surface area (TPSA) is 61.8 Å². The number of aromatic nitrogens is 2. The quantitative estimate of drug-likeness (QED) is 0.816. The molecule has 2 aliphatic rings. The van der Waals surface area contributed by atoms with Crippen molar-refractivity contribution in [3.05, 3.63) is 47.7 Å². The van der Waals surface area contributed by atoms with Crippen LogP contribution < -0.4 is 9.80 Å². The van der Waals surface area contributed by atoms with Crippen molar-refractivity contribution in [2.24, 2.45) is 0 Å². The van der Waals surface area contributed by atoms with Crippen molar-refractivity contribution in [1.82, 2.24) is 14.9 Å². The molecule has 142 valence electrons. The van der Waals surface area contributed by atoms with Crippen LogP contribution in [0.2, 0.25) is 0 Å². The third-order valence-corrected chi connectivity index (χ3v) is 5.15. The molecule has 1 atom stereocenters. The first-order valence-corrected chi connectivity index (χ1v) is 9.34. The van der Waals surface area contributed by atoms with Crippen molar-refractivity contribution >= 4 is 17.7 Å². The van der Waals surface area contributed by atoms with Crippen LogP contribution in [0.25, 0.3) is 0 Å². The number of amides is 1. The molecule has 1 aromatic carbocycles. The van der Waals surface area contributed by atoms with Gasteiger partial charge in [-0.25, -0.2) is 4.98 Å². The molecule has 7 heteroatoms. The molecule has 2 aromatic rings. The molecule has 0 N–H and O–H groups in total. The van der Waals surface area contributed by atoms with Gasteiger partial charge < -0.3 is 19.4 Å². The predicted octanol–water partition coefficient (Wildman–Crippen LogP) is 1.33. The maximum absolute atomic E-state index is 13.0. The Morgan fingerprint density at radius 2 is 2.00 bits per heavy atom. The summed E-state index contributed by atoms with van der Waals surface area (Å²) in [6, 6.07) is 10.2. The van der Waals surface area contributed by atoms with E-state index in [2.05, 4.69) is 28.2 Å². The molecule has 2 aliphatic heterocycles. The van der Waals surface area contributed by atoms with Crippen LogP contribution in [-0.4, -0.2) is 67.2 Å². The summed E-state index contributed by atoms with van der Waals surface area (Å²) in [4.78, 5) is 27.9. The first-order chi connectivity index (χ1) is 13.1. The Hall–Kier alpha value is -2.67. The summed E-state index contributed by atoms with van der Waals surface area (Å²) >= 11 is 0. The minimum atomic E-state index is -0.476. The Morgan fingerprint density at radius 1 is 1.19 bits per heavy atom. The number of carbonyl (C=O) groups is 1. The lowest BCUT2D eigenvalue weighted by atomic mass is 9.99. The van der Waals surface area contributed by atoms with Crippen LogP contribution >= 0.6 is 0 Å². The third kappa shape index (κ3) is 3.73. The molecule has 7 nitrogen and oxygen atoms in total. The first kappa shape index (κ1) is 17.7. The summed E-state index contributed by atoms with van der Waals surface area (Å²) < 4.78 is 5.81. The average molecular weight is 367 g/mol. The lowest BCUT2D eigenvalue weighted by Crippen LogP contribution is -2.52. The Kier molecular flexibility index (Phi) is 4.94. The zero-order valence-electron chi connectivity index (χ0n) is 15.8. The number of fused-ring (bicyclic) bond motifs is 1. The number of nitrogens with zero attached hydrogens (tertiary/aromatic N) is 5. The molecule has 1 fully saturated rings. The zero-order valence-corrected chi connectivity index (χ0v) is 15.8. The molecule has 0 spiro atoms.